The molecule has 40 heavy (non-hydrogen) atoms. The smallest absolute Gasteiger partial charge is 0.281 e. The van der Waals surface area contributed by atoms with Gasteiger partial charge < -0.3 is 9.64 Å². The largest absolute Gasteiger partial charge is 0.477 e. The number of hydrogen-bond acceptors (Lipinski definition) is 9. The molecule has 1 saturated heterocycles. The first kappa shape index (κ1) is 30.9. The summed E-state index contributed by atoms with van der Waals surface area (Å²) in [5.41, 5.74) is 1.30. The Bertz CT molecular complexity index is 1670. The first-order chi connectivity index (χ1) is 18.8. The van der Waals surface area contributed by atoms with Gasteiger partial charge in [-0.15, -0.1) is 0 Å². The minimum Gasteiger partial charge on any atom is -0.477 e. The van der Waals surface area contributed by atoms with Gasteiger partial charge in [-0.3, -0.25) is 9.36 Å². The van der Waals surface area contributed by atoms with Gasteiger partial charge in [-0.1, -0.05) is 19.9 Å². The number of aryl methyl sites for hydroxylation is 1. The van der Waals surface area contributed by atoms with Crippen molar-refractivity contribution < 1.29 is 13.2 Å². The third kappa shape index (κ3) is 5.81. The molecule has 1 aliphatic heterocycles. The molecule has 0 amide bonds. The van der Waals surface area contributed by atoms with Crippen molar-refractivity contribution in [2.75, 3.05) is 39.8 Å². The molecule has 1 aliphatic rings. The normalized spacial score (nSPS) is 14.8. The van der Waals surface area contributed by atoms with Crippen molar-refractivity contribution in [3.8, 4) is 23.1 Å². The summed E-state index contributed by atoms with van der Waals surface area (Å²) in [6.45, 7) is 6.35. The monoisotopic (exact) mass is 591 g/mol. The second-order valence-electron chi connectivity index (χ2n) is 9.48. The zero-order valence-electron chi connectivity index (χ0n) is 23.5. The zero-order chi connectivity index (χ0) is 27.7. The molecule has 0 spiro atoms. The van der Waals surface area contributed by atoms with Crippen molar-refractivity contribution in [3.63, 3.8) is 0 Å². The summed E-state index contributed by atoms with van der Waals surface area (Å²) < 4.78 is 37.4. The molecule has 0 N–H and O–H groups in total. The van der Waals surface area contributed by atoms with Gasteiger partial charge in [0.25, 0.3) is 5.56 Å². The number of piperazine rings is 1. The Morgan fingerprint density at radius 2 is 1.77 bits per heavy atom. The van der Waals surface area contributed by atoms with E-state index in [4.69, 9.17) is 9.72 Å². The van der Waals surface area contributed by atoms with Crippen LogP contribution in [0.4, 0.5) is 0 Å². The topological polar surface area (TPSA) is 128 Å². The number of ether oxygens (including phenoxy) is 1. The van der Waals surface area contributed by atoms with E-state index in [-0.39, 0.29) is 79.1 Å². The van der Waals surface area contributed by atoms with Crippen LogP contribution in [0.5, 0.6) is 5.88 Å². The molecule has 0 atom stereocenters. The Hall–Kier alpha value is -2.04. The van der Waals surface area contributed by atoms with E-state index in [2.05, 4.69) is 20.0 Å². The molecular weight excluding hydrogens is 560 g/mol. The fourth-order valence-corrected chi connectivity index (χ4v) is 5.99. The second-order valence-corrected chi connectivity index (χ2v) is 11.4. The van der Waals surface area contributed by atoms with Gasteiger partial charge in [-0.05, 0) is 38.1 Å². The quantitative estimate of drug-likeness (QED) is 0.280. The molecule has 0 bridgehead atoms. The van der Waals surface area contributed by atoms with E-state index in [1.54, 1.807) is 17.9 Å². The molecule has 12 nitrogen and oxygen atoms in total. The fourth-order valence-electron chi connectivity index (χ4n) is 4.59. The summed E-state index contributed by atoms with van der Waals surface area (Å²) in [6.07, 6.45) is 4.25. The van der Waals surface area contributed by atoms with E-state index in [1.807, 2.05) is 39.1 Å². The third-order valence-electron chi connectivity index (χ3n) is 6.81. The number of likely N-dealkylation sites (N-methyl/N-ethyl adjacent to an activating group) is 1. The Labute approximate surface area is 275 Å². The number of nitrogens with zero attached hydrogens (tertiary/aromatic N) is 8. The van der Waals surface area contributed by atoms with Crippen LogP contribution in [-0.2, 0) is 23.5 Å². The van der Waals surface area contributed by atoms with Crippen LogP contribution in [-0.4, -0.2) is 138 Å². The average Bonchev–Trinajstić information content (AvgIpc) is 3.33. The van der Waals surface area contributed by atoms with Crippen LogP contribution in [0.1, 0.15) is 26.0 Å². The van der Waals surface area contributed by atoms with Gasteiger partial charge in [-0.2, -0.15) is 9.40 Å². The number of fused-ring (bicyclic) bond motifs is 1. The molecule has 207 valence electrons. The Kier molecular flexibility index (Phi) is 9.93. The zero-order valence-corrected chi connectivity index (χ0v) is 27.5. The first-order valence-corrected chi connectivity index (χ1v) is 14.4. The van der Waals surface area contributed by atoms with Crippen LogP contribution < -0.4 is 10.3 Å². The maximum absolute atomic E-state index is 13.6. The molecular formula is C26H32KN8O4S. The summed E-state index contributed by atoms with van der Waals surface area (Å²) >= 11 is 0. The van der Waals surface area contributed by atoms with Crippen LogP contribution in [0.25, 0.3) is 28.2 Å². The van der Waals surface area contributed by atoms with Crippen LogP contribution in [0, 0.1) is 0 Å². The van der Waals surface area contributed by atoms with E-state index in [9.17, 15) is 13.2 Å². The van der Waals surface area contributed by atoms with E-state index in [0.29, 0.717) is 61.8 Å². The molecule has 0 aliphatic carbocycles. The van der Waals surface area contributed by atoms with E-state index in [0.717, 1.165) is 6.42 Å². The standard InChI is InChI=1S/C26H32N8O4S.K/c1-5-15-38-25-19(16-18(17-28-25)39(36,37)33-13-11-31(3)12-14-33)24-29-22-20(6-2)34(21-9-7-8-10-27-21)30-23(22)26(35)32(24)4;/h7-10,16-17H,5-6,11-15H2,1-4H3;. The third-order valence-corrected chi connectivity index (χ3v) is 8.67. The molecule has 1 radical (unpaired) electrons. The number of aromatic nitrogens is 6. The molecule has 0 saturated carbocycles. The fraction of sp³-hybridized carbons (Fsp3) is 0.423. The van der Waals surface area contributed by atoms with E-state index < -0.39 is 10.0 Å². The van der Waals surface area contributed by atoms with Crippen molar-refractivity contribution in [1.29, 1.82) is 0 Å². The summed E-state index contributed by atoms with van der Waals surface area (Å²) in [4.78, 5) is 29.3. The van der Waals surface area contributed by atoms with Crippen molar-refractivity contribution in [3.05, 3.63) is 52.7 Å². The van der Waals surface area contributed by atoms with Gasteiger partial charge in [0.1, 0.15) is 16.2 Å². The SMILES string of the molecule is CCCOc1ncc(S(=O)(=O)N2CCN(C)CC2)cc1-c1nc2c(CC)n(-c3ccccn3)nc2c(=O)n1C.[K]. The van der Waals surface area contributed by atoms with E-state index in [1.165, 1.54) is 21.1 Å². The van der Waals surface area contributed by atoms with Crippen LogP contribution in [0.15, 0.2) is 46.3 Å². The number of sulfonamides is 1. The predicted octanol–water partition coefficient (Wildman–Crippen LogP) is 1.48. The minimum absolute atomic E-state index is 0. The second kappa shape index (κ2) is 12.9. The van der Waals surface area contributed by atoms with Crippen molar-refractivity contribution in [2.24, 2.45) is 7.05 Å². The predicted molar refractivity (Wildman–Crippen MR) is 152 cm³/mol. The van der Waals surface area contributed by atoms with E-state index >= 15 is 0 Å². The van der Waals surface area contributed by atoms with Gasteiger partial charge in [0.05, 0.1) is 24.1 Å². The Morgan fingerprint density at radius 3 is 2.42 bits per heavy atom. The average molecular weight is 592 g/mol. The van der Waals surface area contributed by atoms with Gasteiger partial charge in [0.2, 0.25) is 15.9 Å². The maximum Gasteiger partial charge on any atom is 0.281 e. The summed E-state index contributed by atoms with van der Waals surface area (Å²) in [6, 6.07) is 6.97. The first-order valence-electron chi connectivity index (χ1n) is 13.0. The molecule has 4 aromatic heterocycles. The van der Waals surface area contributed by atoms with Crippen molar-refractivity contribution in [1.82, 2.24) is 38.5 Å². The Morgan fingerprint density at radius 1 is 1.02 bits per heavy atom. The molecule has 0 aromatic carbocycles. The molecule has 14 heteroatoms. The van der Waals surface area contributed by atoms with Crippen LogP contribution in [0.2, 0.25) is 0 Å². The maximum atomic E-state index is 13.6. The summed E-state index contributed by atoms with van der Waals surface area (Å²) in [5, 5.41) is 4.55. The molecule has 4 aromatic rings. The Balaban J connectivity index is 0.00000370. The van der Waals surface area contributed by atoms with Crippen LogP contribution in [0.3, 0.4) is 0 Å². The van der Waals surface area contributed by atoms with Crippen molar-refractivity contribution >= 4 is 72.4 Å². The molecule has 5 heterocycles. The van der Waals surface area contributed by atoms with Gasteiger partial charge in [0, 0.05) is 90.8 Å². The molecule has 0 unspecified atom stereocenters. The summed E-state index contributed by atoms with van der Waals surface area (Å²) in [7, 11) is -0.266. The molecule has 5 rings (SSSR count). The molecule has 1 fully saturated rings. The number of rotatable bonds is 8. The van der Waals surface area contributed by atoms with Crippen molar-refractivity contribution in [2.45, 2.75) is 31.6 Å². The van der Waals surface area contributed by atoms with Gasteiger partial charge >= 0.3 is 0 Å². The number of hydrogen-bond donors (Lipinski definition) is 0. The minimum atomic E-state index is -3.81. The summed E-state index contributed by atoms with van der Waals surface area (Å²) in [5.74, 6) is 1.04. The van der Waals surface area contributed by atoms with Crippen LogP contribution >= 0.6 is 0 Å². The number of pyridine rings is 2. The van der Waals surface area contributed by atoms with Gasteiger partial charge in [0.15, 0.2) is 11.3 Å². The van der Waals surface area contributed by atoms with Gasteiger partial charge in [-0.25, -0.2) is 28.1 Å².